The molecule has 0 saturated carbocycles. The van der Waals surface area contributed by atoms with Crippen LogP contribution in [0.5, 0.6) is 0 Å². The summed E-state index contributed by atoms with van der Waals surface area (Å²) in [6.45, 7) is 4.36. The first kappa shape index (κ1) is 15.2. The zero-order valence-electron chi connectivity index (χ0n) is 12.0. The second kappa shape index (κ2) is 9.15. The Balaban J connectivity index is 2.10. The third kappa shape index (κ3) is 5.67. The van der Waals surface area contributed by atoms with Crippen molar-refractivity contribution in [2.24, 2.45) is 5.73 Å². The maximum Gasteiger partial charge on any atom is 0.106 e. The molecule has 0 aromatic carbocycles. The van der Waals surface area contributed by atoms with E-state index in [0.717, 1.165) is 24.4 Å². The lowest BCUT2D eigenvalue weighted by Crippen LogP contribution is -2.08. The van der Waals surface area contributed by atoms with Crippen molar-refractivity contribution in [3.05, 3.63) is 17.7 Å². The molecule has 1 unspecified atom stereocenters. The number of nitrogens with zero attached hydrogens (tertiary/aromatic N) is 1. The number of H-pyrrole nitrogens is 1. The highest BCUT2D eigenvalue weighted by Crippen LogP contribution is 2.13. The van der Waals surface area contributed by atoms with Crippen LogP contribution >= 0.6 is 0 Å². The first-order valence-corrected chi connectivity index (χ1v) is 7.57. The number of hydrogen-bond donors (Lipinski definition) is 2. The fraction of sp³-hybridized carbons (Fsp3) is 0.800. The number of nitrogens with two attached hydrogens (primary N) is 1. The van der Waals surface area contributed by atoms with Crippen molar-refractivity contribution in [1.29, 1.82) is 0 Å². The number of unbranched alkanes of at least 4 members (excludes halogenated alkanes) is 6. The molecule has 0 aliphatic heterocycles. The number of aromatic nitrogens is 2. The molecule has 1 atom stereocenters. The lowest BCUT2D eigenvalue weighted by atomic mass is 10.1. The fourth-order valence-electron chi connectivity index (χ4n) is 2.16. The van der Waals surface area contributed by atoms with Gasteiger partial charge in [-0.1, -0.05) is 52.4 Å². The lowest BCUT2D eigenvalue weighted by Gasteiger charge is -2.04. The average molecular weight is 251 g/mol. The minimum atomic E-state index is 0.111. The molecule has 0 spiro atoms. The van der Waals surface area contributed by atoms with E-state index in [9.17, 15) is 0 Å². The summed E-state index contributed by atoms with van der Waals surface area (Å²) in [5, 5.41) is 0. The predicted molar refractivity (Wildman–Crippen MR) is 77.5 cm³/mol. The van der Waals surface area contributed by atoms with Gasteiger partial charge in [0.25, 0.3) is 0 Å². The van der Waals surface area contributed by atoms with Gasteiger partial charge in [-0.15, -0.1) is 0 Å². The molecule has 3 heteroatoms. The van der Waals surface area contributed by atoms with Gasteiger partial charge >= 0.3 is 0 Å². The number of aromatic amines is 1. The number of hydrogen-bond acceptors (Lipinski definition) is 2. The number of rotatable bonds is 10. The molecule has 18 heavy (non-hydrogen) atoms. The molecule has 0 aliphatic rings. The molecule has 0 saturated heterocycles. The SMILES string of the molecule is CCCCCCCCCc1ncc(C(N)CC)[nH]1. The standard InChI is InChI=1S/C15H29N3/c1-3-5-6-7-8-9-10-11-15-17-12-14(18-15)13(16)4-2/h12-13H,3-11,16H2,1-2H3,(H,17,18). The zero-order chi connectivity index (χ0) is 13.2. The molecule has 104 valence electrons. The van der Waals surface area contributed by atoms with E-state index in [4.69, 9.17) is 5.73 Å². The summed E-state index contributed by atoms with van der Waals surface area (Å²) in [5.41, 5.74) is 7.04. The maximum atomic E-state index is 5.96. The summed E-state index contributed by atoms with van der Waals surface area (Å²) in [4.78, 5) is 7.74. The molecule has 1 heterocycles. The van der Waals surface area contributed by atoms with Gasteiger partial charge in [-0.05, 0) is 12.8 Å². The summed E-state index contributed by atoms with van der Waals surface area (Å²) in [7, 11) is 0. The van der Waals surface area contributed by atoms with Gasteiger partial charge in [0.2, 0.25) is 0 Å². The van der Waals surface area contributed by atoms with Gasteiger partial charge in [0.1, 0.15) is 5.82 Å². The third-order valence-electron chi connectivity index (χ3n) is 3.50. The smallest absolute Gasteiger partial charge is 0.106 e. The Hall–Kier alpha value is -0.830. The highest BCUT2D eigenvalue weighted by molar-refractivity contribution is 5.05. The molecule has 0 bridgehead atoms. The average Bonchev–Trinajstić information content (AvgIpc) is 2.85. The normalized spacial score (nSPS) is 12.8. The molecule has 0 amide bonds. The minimum Gasteiger partial charge on any atom is -0.345 e. The van der Waals surface area contributed by atoms with Crippen LogP contribution in [-0.2, 0) is 6.42 Å². The second-order valence-electron chi connectivity index (χ2n) is 5.17. The first-order chi connectivity index (χ1) is 8.77. The molecule has 1 aromatic heterocycles. The van der Waals surface area contributed by atoms with E-state index in [2.05, 4.69) is 23.8 Å². The van der Waals surface area contributed by atoms with Crippen LogP contribution in [-0.4, -0.2) is 9.97 Å². The highest BCUT2D eigenvalue weighted by Gasteiger charge is 2.06. The van der Waals surface area contributed by atoms with Crippen LogP contribution in [0.4, 0.5) is 0 Å². The van der Waals surface area contributed by atoms with E-state index < -0.39 is 0 Å². The van der Waals surface area contributed by atoms with Crippen LogP contribution in [0.2, 0.25) is 0 Å². The Morgan fingerprint density at radius 2 is 1.78 bits per heavy atom. The minimum absolute atomic E-state index is 0.111. The fourth-order valence-corrected chi connectivity index (χ4v) is 2.16. The Bertz CT molecular complexity index is 306. The van der Waals surface area contributed by atoms with Crippen LogP contribution in [0.3, 0.4) is 0 Å². The van der Waals surface area contributed by atoms with Crippen molar-refractivity contribution in [2.45, 2.75) is 77.7 Å². The van der Waals surface area contributed by atoms with E-state index in [-0.39, 0.29) is 6.04 Å². The molecule has 0 aliphatic carbocycles. The Labute approximate surface area is 112 Å². The largest absolute Gasteiger partial charge is 0.345 e. The van der Waals surface area contributed by atoms with Gasteiger partial charge in [-0.2, -0.15) is 0 Å². The summed E-state index contributed by atoms with van der Waals surface area (Å²) < 4.78 is 0. The Morgan fingerprint density at radius 3 is 2.44 bits per heavy atom. The van der Waals surface area contributed by atoms with E-state index in [1.54, 1.807) is 0 Å². The van der Waals surface area contributed by atoms with E-state index in [0.29, 0.717) is 0 Å². The molecule has 1 rings (SSSR count). The quantitative estimate of drug-likeness (QED) is 0.615. The van der Waals surface area contributed by atoms with Crippen LogP contribution in [0.15, 0.2) is 6.20 Å². The van der Waals surface area contributed by atoms with Gasteiger partial charge in [0.05, 0.1) is 5.69 Å². The molecular weight excluding hydrogens is 222 g/mol. The molecule has 1 aromatic rings. The first-order valence-electron chi connectivity index (χ1n) is 7.57. The maximum absolute atomic E-state index is 5.96. The highest BCUT2D eigenvalue weighted by atomic mass is 14.9. The van der Waals surface area contributed by atoms with Gasteiger partial charge in [-0.3, -0.25) is 0 Å². The Morgan fingerprint density at radius 1 is 1.11 bits per heavy atom. The van der Waals surface area contributed by atoms with Crippen LogP contribution in [0, 0.1) is 0 Å². The summed E-state index contributed by atoms with van der Waals surface area (Å²) in [6, 6.07) is 0.111. The van der Waals surface area contributed by atoms with Gasteiger partial charge in [0, 0.05) is 18.7 Å². The van der Waals surface area contributed by atoms with Crippen molar-refractivity contribution >= 4 is 0 Å². The van der Waals surface area contributed by atoms with Gasteiger partial charge in [-0.25, -0.2) is 4.98 Å². The molecule has 3 N–H and O–H groups in total. The zero-order valence-corrected chi connectivity index (χ0v) is 12.0. The van der Waals surface area contributed by atoms with E-state index in [1.807, 2.05) is 6.20 Å². The summed E-state index contributed by atoms with van der Waals surface area (Å²) in [6.07, 6.45) is 13.3. The monoisotopic (exact) mass is 251 g/mol. The van der Waals surface area contributed by atoms with Crippen molar-refractivity contribution in [3.63, 3.8) is 0 Å². The summed E-state index contributed by atoms with van der Waals surface area (Å²) >= 11 is 0. The van der Waals surface area contributed by atoms with Gasteiger partial charge in [0.15, 0.2) is 0 Å². The molecule has 0 fully saturated rings. The summed E-state index contributed by atoms with van der Waals surface area (Å²) in [5.74, 6) is 1.10. The van der Waals surface area contributed by atoms with Crippen LogP contribution in [0.25, 0.3) is 0 Å². The van der Waals surface area contributed by atoms with E-state index >= 15 is 0 Å². The van der Waals surface area contributed by atoms with Crippen molar-refractivity contribution in [2.75, 3.05) is 0 Å². The van der Waals surface area contributed by atoms with Crippen LogP contribution in [0.1, 0.15) is 82.8 Å². The molecule has 0 radical (unpaired) electrons. The van der Waals surface area contributed by atoms with E-state index in [1.165, 1.54) is 44.9 Å². The number of nitrogens with one attached hydrogen (secondary N) is 1. The molecule has 3 nitrogen and oxygen atoms in total. The van der Waals surface area contributed by atoms with Gasteiger partial charge < -0.3 is 10.7 Å². The van der Waals surface area contributed by atoms with Crippen LogP contribution < -0.4 is 5.73 Å². The lowest BCUT2D eigenvalue weighted by molar-refractivity contribution is 0.584. The van der Waals surface area contributed by atoms with Crippen molar-refractivity contribution in [1.82, 2.24) is 9.97 Å². The topological polar surface area (TPSA) is 54.7 Å². The number of imidazole rings is 1. The second-order valence-corrected chi connectivity index (χ2v) is 5.17. The third-order valence-corrected chi connectivity index (χ3v) is 3.50. The predicted octanol–water partition coefficient (Wildman–Crippen LogP) is 4.11. The molecular formula is C15H29N3. The Kier molecular flexibility index (Phi) is 7.74. The van der Waals surface area contributed by atoms with Crippen molar-refractivity contribution < 1.29 is 0 Å². The van der Waals surface area contributed by atoms with Crippen molar-refractivity contribution in [3.8, 4) is 0 Å². The number of aryl methyl sites for hydroxylation is 1.